The second-order valence-corrected chi connectivity index (χ2v) is 11.2. The van der Waals surface area contributed by atoms with Gasteiger partial charge in [-0.1, -0.05) is 19.9 Å². The van der Waals surface area contributed by atoms with Gasteiger partial charge in [0.2, 0.25) is 17.8 Å². The van der Waals surface area contributed by atoms with E-state index in [-0.39, 0.29) is 30.5 Å². The summed E-state index contributed by atoms with van der Waals surface area (Å²) in [6.07, 6.45) is -2.90. The first kappa shape index (κ1) is 28.3. The summed E-state index contributed by atoms with van der Waals surface area (Å²) in [6.45, 7) is 7.51. The Morgan fingerprint density at radius 3 is 2.10 bits per heavy atom. The Labute approximate surface area is 231 Å². The third-order valence-corrected chi connectivity index (χ3v) is 9.25. The number of anilines is 2. The molecule has 5 rings (SSSR count). The SMILES string of the molecule is CCN(CC)S(=O)(=O)N1CCN(c2nc(N3CCOCC3)nc(-n3c(C(F)F)nc4c(OC)cccc43)n2)CC1. The predicted molar refractivity (Wildman–Crippen MR) is 145 cm³/mol. The van der Waals surface area contributed by atoms with Gasteiger partial charge in [-0.2, -0.15) is 32.0 Å². The van der Waals surface area contributed by atoms with Crippen LogP contribution in [-0.4, -0.2) is 114 Å². The van der Waals surface area contributed by atoms with Crippen LogP contribution in [0.25, 0.3) is 17.0 Å². The van der Waals surface area contributed by atoms with E-state index < -0.39 is 22.5 Å². The minimum Gasteiger partial charge on any atom is -0.494 e. The molecule has 0 saturated carbocycles. The smallest absolute Gasteiger partial charge is 0.296 e. The summed E-state index contributed by atoms with van der Waals surface area (Å²) in [5.41, 5.74) is 0.639. The molecule has 16 heteroatoms. The van der Waals surface area contributed by atoms with Crippen LogP contribution in [0.2, 0.25) is 0 Å². The molecule has 0 spiro atoms. The molecule has 0 atom stereocenters. The van der Waals surface area contributed by atoms with Crippen molar-refractivity contribution in [2.45, 2.75) is 20.3 Å². The molecule has 0 N–H and O–H groups in total. The van der Waals surface area contributed by atoms with Crippen LogP contribution < -0.4 is 14.5 Å². The van der Waals surface area contributed by atoms with E-state index in [1.807, 2.05) is 9.80 Å². The summed E-state index contributed by atoms with van der Waals surface area (Å²) in [7, 11) is -2.14. The average molecular weight is 582 g/mol. The van der Waals surface area contributed by atoms with E-state index in [0.717, 1.165) is 0 Å². The van der Waals surface area contributed by atoms with Crippen molar-refractivity contribution in [3.05, 3.63) is 24.0 Å². The van der Waals surface area contributed by atoms with E-state index in [2.05, 4.69) is 19.9 Å². The highest BCUT2D eigenvalue weighted by Crippen LogP contribution is 2.32. The first-order valence-electron chi connectivity index (χ1n) is 13.2. The summed E-state index contributed by atoms with van der Waals surface area (Å²) >= 11 is 0. The molecule has 2 fully saturated rings. The van der Waals surface area contributed by atoms with E-state index >= 15 is 0 Å². The van der Waals surface area contributed by atoms with E-state index in [1.54, 1.807) is 32.0 Å². The molecule has 0 radical (unpaired) electrons. The molecule has 2 aromatic heterocycles. The lowest BCUT2D eigenvalue weighted by Crippen LogP contribution is -2.53. The number of nitrogens with zero attached hydrogens (tertiary/aromatic N) is 9. The number of hydrogen-bond acceptors (Lipinski definition) is 10. The summed E-state index contributed by atoms with van der Waals surface area (Å²) in [6, 6.07) is 5.00. The Kier molecular flexibility index (Phi) is 8.30. The highest BCUT2D eigenvalue weighted by molar-refractivity contribution is 7.86. The van der Waals surface area contributed by atoms with Crippen LogP contribution in [0.1, 0.15) is 26.1 Å². The monoisotopic (exact) mass is 581 g/mol. The number of benzene rings is 1. The topological polar surface area (TPSA) is 122 Å². The zero-order valence-electron chi connectivity index (χ0n) is 22.7. The molecule has 40 heavy (non-hydrogen) atoms. The number of alkyl halides is 2. The zero-order chi connectivity index (χ0) is 28.4. The van der Waals surface area contributed by atoms with Gasteiger partial charge in [-0.25, -0.2) is 13.8 Å². The van der Waals surface area contributed by atoms with Gasteiger partial charge in [0.1, 0.15) is 11.3 Å². The van der Waals surface area contributed by atoms with Crippen molar-refractivity contribution in [2.75, 3.05) is 82.5 Å². The molecule has 0 amide bonds. The van der Waals surface area contributed by atoms with Crippen LogP contribution in [0.4, 0.5) is 20.7 Å². The first-order chi connectivity index (χ1) is 19.3. The Morgan fingerprint density at radius 2 is 1.52 bits per heavy atom. The standard InChI is InChI=1S/C24H33F2N9O4S/c1-4-33(5-2)40(36,37)34-11-9-31(10-12-34)22-28-23(32-13-15-39-16-14-32)30-24(29-22)35-17-7-6-8-18(38-3)19(17)27-21(35)20(25)26/h6-8,20H,4-5,9-16H2,1-3H3. The van der Waals surface area contributed by atoms with Crippen molar-refractivity contribution in [3.8, 4) is 11.7 Å². The molecule has 3 aromatic rings. The van der Waals surface area contributed by atoms with Crippen LogP contribution in [0.15, 0.2) is 18.2 Å². The van der Waals surface area contributed by atoms with Gasteiger partial charge in [0, 0.05) is 52.4 Å². The van der Waals surface area contributed by atoms with Gasteiger partial charge in [-0.05, 0) is 12.1 Å². The van der Waals surface area contributed by atoms with Crippen molar-refractivity contribution in [1.82, 2.24) is 33.1 Å². The average Bonchev–Trinajstić information content (AvgIpc) is 3.38. The number of aromatic nitrogens is 5. The highest BCUT2D eigenvalue weighted by atomic mass is 32.2. The fourth-order valence-electron chi connectivity index (χ4n) is 4.93. The Hall–Kier alpha value is -3.21. The first-order valence-corrected chi connectivity index (χ1v) is 14.6. The number of rotatable bonds is 9. The number of halogens is 2. The summed E-state index contributed by atoms with van der Waals surface area (Å²) in [5, 5.41) is 0. The molecule has 4 heterocycles. The van der Waals surface area contributed by atoms with Crippen molar-refractivity contribution in [3.63, 3.8) is 0 Å². The van der Waals surface area contributed by atoms with E-state index in [4.69, 9.17) is 9.47 Å². The molecule has 2 saturated heterocycles. The number of piperazine rings is 1. The Bertz CT molecular complexity index is 1440. The van der Waals surface area contributed by atoms with Crippen LogP contribution >= 0.6 is 0 Å². The molecule has 0 unspecified atom stereocenters. The summed E-state index contributed by atoms with van der Waals surface area (Å²) in [5.74, 6) is 0.435. The second-order valence-electron chi connectivity index (χ2n) is 9.25. The van der Waals surface area contributed by atoms with E-state index in [9.17, 15) is 17.2 Å². The number of fused-ring (bicyclic) bond motifs is 1. The van der Waals surface area contributed by atoms with E-state index in [0.29, 0.717) is 69.7 Å². The molecule has 2 aliphatic heterocycles. The van der Waals surface area contributed by atoms with Crippen molar-refractivity contribution in [2.24, 2.45) is 0 Å². The lowest BCUT2D eigenvalue weighted by molar-refractivity contribution is 0.122. The van der Waals surface area contributed by atoms with Gasteiger partial charge in [-0.3, -0.25) is 4.57 Å². The maximum Gasteiger partial charge on any atom is 0.296 e. The second kappa shape index (κ2) is 11.7. The van der Waals surface area contributed by atoms with Crippen LogP contribution in [0, 0.1) is 0 Å². The zero-order valence-corrected chi connectivity index (χ0v) is 23.5. The molecule has 13 nitrogen and oxygen atoms in total. The number of methoxy groups -OCH3 is 1. The lowest BCUT2D eigenvalue weighted by Gasteiger charge is -2.36. The third kappa shape index (κ3) is 5.27. The van der Waals surface area contributed by atoms with E-state index in [1.165, 1.54) is 20.3 Å². The quantitative estimate of drug-likeness (QED) is 0.369. The molecule has 2 aliphatic rings. The summed E-state index contributed by atoms with van der Waals surface area (Å²) in [4.78, 5) is 21.8. The maximum atomic E-state index is 14.3. The Balaban J connectivity index is 1.55. The lowest BCUT2D eigenvalue weighted by atomic mass is 10.3. The highest BCUT2D eigenvalue weighted by Gasteiger charge is 2.33. The number of imidazole rings is 1. The number of hydrogen-bond donors (Lipinski definition) is 0. The molecule has 0 aliphatic carbocycles. The van der Waals surface area contributed by atoms with Crippen LogP contribution in [-0.2, 0) is 14.9 Å². The molecular formula is C24H33F2N9O4S. The van der Waals surface area contributed by atoms with Gasteiger partial charge >= 0.3 is 0 Å². The maximum absolute atomic E-state index is 14.3. The fraction of sp³-hybridized carbons (Fsp3) is 0.583. The normalized spacial score (nSPS) is 17.4. The molecular weight excluding hydrogens is 548 g/mol. The molecule has 218 valence electrons. The third-order valence-electron chi connectivity index (χ3n) is 7.06. The predicted octanol–water partition coefficient (Wildman–Crippen LogP) is 1.70. The fourth-order valence-corrected chi connectivity index (χ4v) is 6.54. The van der Waals surface area contributed by atoms with Crippen molar-refractivity contribution >= 4 is 33.1 Å². The largest absolute Gasteiger partial charge is 0.494 e. The minimum atomic E-state index is -3.59. The van der Waals surface area contributed by atoms with Gasteiger partial charge < -0.3 is 19.3 Å². The van der Waals surface area contributed by atoms with Gasteiger partial charge in [0.05, 0.1) is 25.8 Å². The molecule has 0 bridgehead atoms. The van der Waals surface area contributed by atoms with Gasteiger partial charge in [-0.15, -0.1) is 0 Å². The van der Waals surface area contributed by atoms with Crippen molar-refractivity contribution < 1.29 is 26.7 Å². The van der Waals surface area contributed by atoms with Gasteiger partial charge in [0.25, 0.3) is 16.6 Å². The van der Waals surface area contributed by atoms with Gasteiger partial charge in [0.15, 0.2) is 5.82 Å². The van der Waals surface area contributed by atoms with Crippen LogP contribution in [0.3, 0.4) is 0 Å². The number of para-hydroxylation sites is 1. The number of ether oxygens (including phenoxy) is 2. The van der Waals surface area contributed by atoms with Crippen molar-refractivity contribution in [1.29, 1.82) is 0 Å². The Morgan fingerprint density at radius 1 is 0.925 bits per heavy atom. The van der Waals surface area contributed by atoms with Crippen LogP contribution in [0.5, 0.6) is 5.75 Å². The molecule has 1 aromatic carbocycles. The number of morpholine rings is 1. The minimum absolute atomic E-state index is 0.00395. The summed E-state index contributed by atoms with van der Waals surface area (Å²) < 4.78 is 69.5.